The molecule has 3 N–H and O–H groups in total. The molecule has 5 nitrogen and oxygen atoms in total. The predicted octanol–water partition coefficient (Wildman–Crippen LogP) is 2.49. The van der Waals surface area contributed by atoms with Crippen LogP contribution >= 0.6 is 11.3 Å². The highest BCUT2D eigenvalue weighted by Gasteiger charge is 2.17. The number of thiazole rings is 1. The van der Waals surface area contributed by atoms with E-state index < -0.39 is 0 Å². The van der Waals surface area contributed by atoms with Crippen LogP contribution in [0.2, 0.25) is 0 Å². The monoisotopic (exact) mass is 268 g/mol. The summed E-state index contributed by atoms with van der Waals surface area (Å²) in [5.74, 6) is 0. The number of urea groups is 1. The van der Waals surface area contributed by atoms with Crippen molar-refractivity contribution in [2.75, 3.05) is 12.4 Å². The number of carbonyl (C=O) groups is 1. The van der Waals surface area contributed by atoms with Crippen LogP contribution in [0.5, 0.6) is 0 Å². The summed E-state index contributed by atoms with van der Waals surface area (Å²) < 4.78 is 0. The lowest BCUT2D eigenvalue weighted by molar-refractivity contribution is 0.248. The maximum atomic E-state index is 11.7. The molecule has 0 radical (unpaired) electrons. The van der Waals surface area contributed by atoms with Gasteiger partial charge in [0.15, 0.2) is 5.13 Å². The minimum atomic E-state index is -0.139. The molecule has 0 aliphatic heterocycles. The summed E-state index contributed by atoms with van der Waals surface area (Å²) >= 11 is 1.46. The number of nitrogens with zero attached hydrogens (tertiary/aromatic N) is 1. The van der Waals surface area contributed by atoms with Gasteiger partial charge in [-0.25, -0.2) is 9.78 Å². The van der Waals surface area contributed by atoms with Crippen LogP contribution in [0.25, 0.3) is 0 Å². The van der Waals surface area contributed by atoms with E-state index in [0.717, 1.165) is 18.5 Å². The van der Waals surface area contributed by atoms with Crippen LogP contribution < -0.4 is 16.0 Å². The molecular weight excluding hydrogens is 248 g/mol. The van der Waals surface area contributed by atoms with Gasteiger partial charge in [-0.15, -0.1) is 11.3 Å². The first-order valence-corrected chi connectivity index (χ1v) is 7.27. The van der Waals surface area contributed by atoms with E-state index in [1.165, 1.54) is 24.2 Å². The SMILES string of the molecule is CNC(C)c1csc(NC(=O)NC2CCCC2)n1. The second-order valence-corrected chi connectivity index (χ2v) is 5.53. The average Bonchev–Trinajstić information content (AvgIpc) is 2.99. The third-order valence-electron chi connectivity index (χ3n) is 3.31. The molecule has 1 aromatic rings. The Morgan fingerprint density at radius 1 is 1.50 bits per heavy atom. The van der Waals surface area contributed by atoms with E-state index in [0.29, 0.717) is 11.2 Å². The third-order valence-corrected chi connectivity index (χ3v) is 4.09. The number of hydrogen-bond donors (Lipinski definition) is 3. The maximum absolute atomic E-state index is 11.7. The minimum Gasteiger partial charge on any atom is -0.335 e. The zero-order valence-corrected chi connectivity index (χ0v) is 11.6. The molecule has 100 valence electrons. The van der Waals surface area contributed by atoms with Crippen molar-refractivity contribution in [3.05, 3.63) is 11.1 Å². The molecule has 1 unspecified atom stereocenters. The van der Waals surface area contributed by atoms with Gasteiger partial charge in [0.1, 0.15) is 0 Å². The molecule has 0 spiro atoms. The number of amides is 2. The molecule has 1 saturated carbocycles. The van der Waals surface area contributed by atoms with E-state index in [1.807, 2.05) is 19.4 Å². The Kier molecular flexibility index (Phi) is 4.54. The van der Waals surface area contributed by atoms with Gasteiger partial charge < -0.3 is 10.6 Å². The molecule has 1 aliphatic rings. The fourth-order valence-corrected chi connectivity index (χ4v) is 2.88. The van der Waals surface area contributed by atoms with E-state index >= 15 is 0 Å². The summed E-state index contributed by atoms with van der Waals surface area (Å²) in [6.45, 7) is 2.04. The topological polar surface area (TPSA) is 66.0 Å². The average molecular weight is 268 g/mol. The van der Waals surface area contributed by atoms with Gasteiger partial charge in [-0.1, -0.05) is 12.8 Å². The Morgan fingerprint density at radius 3 is 2.89 bits per heavy atom. The van der Waals surface area contributed by atoms with Gasteiger partial charge in [-0.05, 0) is 26.8 Å². The number of rotatable bonds is 4. The van der Waals surface area contributed by atoms with Gasteiger partial charge in [-0.2, -0.15) is 0 Å². The Labute approximate surface area is 111 Å². The zero-order chi connectivity index (χ0) is 13.0. The highest BCUT2D eigenvalue weighted by Crippen LogP contribution is 2.21. The van der Waals surface area contributed by atoms with Crippen molar-refractivity contribution >= 4 is 22.5 Å². The van der Waals surface area contributed by atoms with Gasteiger partial charge in [0.2, 0.25) is 0 Å². The van der Waals surface area contributed by atoms with Crippen LogP contribution in [0.4, 0.5) is 9.93 Å². The lowest BCUT2D eigenvalue weighted by atomic mass is 10.3. The summed E-state index contributed by atoms with van der Waals surface area (Å²) in [6, 6.07) is 0.398. The molecular formula is C12H20N4OS. The van der Waals surface area contributed by atoms with E-state index in [-0.39, 0.29) is 12.1 Å². The van der Waals surface area contributed by atoms with Crippen molar-refractivity contribution in [3.63, 3.8) is 0 Å². The van der Waals surface area contributed by atoms with Gasteiger partial charge >= 0.3 is 6.03 Å². The highest BCUT2D eigenvalue weighted by molar-refractivity contribution is 7.13. The van der Waals surface area contributed by atoms with Crippen molar-refractivity contribution in [2.24, 2.45) is 0 Å². The molecule has 1 atom stereocenters. The lowest BCUT2D eigenvalue weighted by Gasteiger charge is -2.11. The number of carbonyl (C=O) groups excluding carboxylic acids is 1. The summed E-state index contributed by atoms with van der Waals surface area (Å²) in [4.78, 5) is 16.1. The lowest BCUT2D eigenvalue weighted by Crippen LogP contribution is -2.36. The molecule has 1 heterocycles. The standard InChI is InChI=1S/C12H20N4OS/c1-8(13-2)10-7-18-12(15-10)16-11(17)14-9-5-3-4-6-9/h7-9,13H,3-6H2,1-2H3,(H2,14,15,16,17). The molecule has 0 bridgehead atoms. The Hall–Kier alpha value is -1.14. The summed E-state index contributed by atoms with van der Waals surface area (Å²) in [5, 5.41) is 11.5. The van der Waals surface area contributed by atoms with Gasteiger partial charge in [0.05, 0.1) is 5.69 Å². The van der Waals surface area contributed by atoms with Crippen LogP contribution in [0, 0.1) is 0 Å². The minimum absolute atomic E-state index is 0.139. The molecule has 6 heteroatoms. The first kappa shape index (κ1) is 13.3. The van der Waals surface area contributed by atoms with Crippen LogP contribution in [0.1, 0.15) is 44.3 Å². The summed E-state index contributed by atoms with van der Waals surface area (Å²) in [7, 11) is 1.89. The number of nitrogens with one attached hydrogen (secondary N) is 3. The normalized spacial score (nSPS) is 17.7. The smallest absolute Gasteiger partial charge is 0.321 e. The van der Waals surface area contributed by atoms with Crippen LogP contribution in [-0.4, -0.2) is 24.1 Å². The van der Waals surface area contributed by atoms with E-state index in [4.69, 9.17) is 0 Å². The number of anilines is 1. The van der Waals surface area contributed by atoms with Crippen molar-refractivity contribution in [1.29, 1.82) is 0 Å². The van der Waals surface area contributed by atoms with E-state index in [9.17, 15) is 4.79 Å². The zero-order valence-electron chi connectivity index (χ0n) is 10.8. The first-order valence-electron chi connectivity index (χ1n) is 6.39. The predicted molar refractivity (Wildman–Crippen MR) is 74.0 cm³/mol. The van der Waals surface area contributed by atoms with Crippen LogP contribution in [0.15, 0.2) is 5.38 Å². The van der Waals surface area contributed by atoms with E-state index in [1.54, 1.807) is 0 Å². The highest BCUT2D eigenvalue weighted by atomic mass is 32.1. The number of aromatic nitrogens is 1. The Morgan fingerprint density at radius 2 is 2.22 bits per heavy atom. The fraction of sp³-hybridized carbons (Fsp3) is 0.667. The largest absolute Gasteiger partial charge is 0.335 e. The molecule has 0 aromatic carbocycles. The van der Waals surface area contributed by atoms with Gasteiger partial charge in [0, 0.05) is 17.5 Å². The van der Waals surface area contributed by atoms with Crippen molar-refractivity contribution in [1.82, 2.24) is 15.6 Å². The number of hydrogen-bond acceptors (Lipinski definition) is 4. The molecule has 1 aromatic heterocycles. The first-order chi connectivity index (χ1) is 8.69. The summed E-state index contributed by atoms with van der Waals surface area (Å²) in [6.07, 6.45) is 4.61. The fourth-order valence-electron chi connectivity index (χ4n) is 2.08. The molecule has 2 rings (SSSR count). The molecule has 1 aliphatic carbocycles. The Balaban J connectivity index is 1.84. The van der Waals surface area contributed by atoms with Crippen molar-refractivity contribution in [2.45, 2.75) is 44.7 Å². The van der Waals surface area contributed by atoms with Crippen molar-refractivity contribution < 1.29 is 4.79 Å². The second kappa shape index (κ2) is 6.15. The van der Waals surface area contributed by atoms with E-state index in [2.05, 4.69) is 20.9 Å². The third kappa shape index (κ3) is 3.43. The molecule has 18 heavy (non-hydrogen) atoms. The Bertz CT molecular complexity index is 401. The summed E-state index contributed by atoms with van der Waals surface area (Å²) in [5.41, 5.74) is 0.957. The second-order valence-electron chi connectivity index (χ2n) is 4.67. The van der Waals surface area contributed by atoms with Gasteiger partial charge in [-0.3, -0.25) is 5.32 Å². The molecule has 2 amide bonds. The van der Waals surface area contributed by atoms with Crippen molar-refractivity contribution in [3.8, 4) is 0 Å². The molecule has 1 fully saturated rings. The quantitative estimate of drug-likeness (QED) is 0.786. The van der Waals surface area contributed by atoms with Gasteiger partial charge in [0.25, 0.3) is 0 Å². The van der Waals surface area contributed by atoms with Crippen LogP contribution in [0.3, 0.4) is 0 Å². The van der Waals surface area contributed by atoms with Crippen LogP contribution in [-0.2, 0) is 0 Å². The maximum Gasteiger partial charge on any atom is 0.321 e. The molecule has 0 saturated heterocycles.